The van der Waals surface area contributed by atoms with E-state index in [2.05, 4.69) is 52.5 Å². The average molecular weight is 414 g/mol. The quantitative estimate of drug-likeness (QED) is 0.443. The average Bonchev–Trinajstić information content (AvgIpc) is 3.12. The summed E-state index contributed by atoms with van der Waals surface area (Å²) >= 11 is 0. The first-order valence-electron chi connectivity index (χ1n) is 8.13. The molecule has 0 radical (unpaired) electrons. The molecule has 1 aliphatic heterocycles. The molecular weight excluding hydrogens is 387 g/mol. The van der Waals surface area contributed by atoms with E-state index in [9.17, 15) is 0 Å². The number of likely N-dealkylation sites (tertiary alicyclic amines) is 1. The second-order valence-corrected chi connectivity index (χ2v) is 6.15. The molecule has 1 aliphatic carbocycles. The first-order valence-corrected chi connectivity index (χ1v) is 8.13. The van der Waals surface area contributed by atoms with Gasteiger partial charge in [0.2, 0.25) is 0 Å². The molecule has 0 bridgehead atoms. The molecule has 3 unspecified atom stereocenters. The molecule has 22 heavy (non-hydrogen) atoms. The van der Waals surface area contributed by atoms with Crippen LogP contribution in [-0.2, 0) is 0 Å². The van der Waals surface area contributed by atoms with Gasteiger partial charge < -0.3 is 11.1 Å². The zero-order valence-electron chi connectivity index (χ0n) is 13.2. The zero-order valence-corrected chi connectivity index (χ0v) is 15.6. The van der Waals surface area contributed by atoms with Gasteiger partial charge in [-0.15, -0.1) is 24.0 Å². The molecular formula is C17H27IN4. The Labute approximate surface area is 150 Å². The summed E-state index contributed by atoms with van der Waals surface area (Å²) in [6.07, 6.45) is 3.70. The number of halogens is 1. The van der Waals surface area contributed by atoms with Crippen LogP contribution in [0.3, 0.4) is 0 Å². The van der Waals surface area contributed by atoms with Gasteiger partial charge in [0.1, 0.15) is 0 Å². The lowest BCUT2D eigenvalue weighted by Gasteiger charge is -2.21. The van der Waals surface area contributed by atoms with Crippen molar-refractivity contribution in [2.24, 2.45) is 10.7 Å². The highest BCUT2D eigenvalue weighted by atomic mass is 127. The number of likely N-dealkylation sites (N-methyl/N-ethyl adjacent to an activating group) is 1. The van der Waals surface area contributed by atoms with Crippen molar-refractivity contribution in [3.05, 3.63) is 35.9 Å². The van der Waals surface area contributed by atoms with Gasteiger partial charge in [0.15, 0.2) is 5.96 Å². The molecule has 1 saturated heterocycles. The Morgan fingerprint density at radius 1 is 1.36 bits per heavy atom. The van der Waals surface area contributed by atoms with Gasteiger partial charge in [-0.05, 0) is 37.9 Å². The highest BCUT2D eigenvalue weighted by molar-refractivity contribution is 14.0. The molecule has 3 N–H and O–H groups in total. The van der Waals surface area contributed by atoms with E-state index in [1.165, 1.54) is 24.9 Å². The van der Waals surface area contributed by atoms with Crippen LogP contribution in [0.5, 0.6) is 0 Å². The molecule has 0 aromatic heterocycles. The van der Waals surface area contributed by atoms with Crippen molar-refractivity contribution in [3.63, 3.8) is 0 Å². The van der Waals surface area contributed by atoms with Crippen molar-refractivity contribution in [2.45, 2.75) is 44.2 Å². The highest BCUT2D eigenvalue weighted by Gasteiger charge is 2.38. The largest absolute Gasteiger partial charge is 0.370 e. The van der Waals surface area contributed by atoms with Gasteiger partial charge in [0, 0.05) is 18.0 Å². The fourth-order valence-electron chi connectivity index (χ4n) is 3.38. The summed E-state index contributed by atoms with van der Waals surface area (Å²) in [5, 5.41) is 3.37. The third-order valence-corrected chi connectivity index (χ3v) is 4.73. The van der Waals surface area contributed by atoms with Gasteiger partial charge in [0.05, 0.1) is 6.54 Å². The van der Waals surface area contributed by atoms with Gasteiger partial charge in [-0.25, -0.2) is 0 Å². The molecule has 5 heteroatoms. The van der Waals surface area contributed by atoms with E-state index in [4.69, 9.17) is 5.73 Å². The molecule has 1 aromatic carbocycles. The van der Waals surface area contributed by atoms with Crippen molar-refractivity contribution in [2.75, 3.05) is 19.6 Å². The van der Waals surface area contributed by atoms with E-state index in [0.29, 0.717) is 24.0 Å². The molecule has 1 heterocycles. The van der Waals surface area contributed by atoms with Gasteiger partial charge in [0.25, 0.3) is 0 Å². The van der Waals surface area contributed by atoms with Gasteiger partial charge >= 0.3 is 0 Å². The van der Waals surface area contributed by atoms with Crippen LogP contribution in [-0.4, -0.2) is 42.6 Å². The maximum atomic E-state index is 6.04. The molecule has 1 aromatic rings. The van der Waals surface area contributed by atoms with Crippen LogP contribution in [0, 0.1) is 0 Å². The monoisotopic (exact) mass is 414 g/mol. The molecule has 4 nitrogen and oxygen atoms in total. The molecule has 2 aliphatic rings. The van der Waals surface area contributed by atoms with Crippen LogP contribution in [0.25, 0.3) is 0 Å². The normalized spacial score (nSPS) is 28.2. The third kappa shape index (κ3) is 4.35. The molecule has 0 amide bonds. The Morgan fingerprint density at radius 2 is 2.14 bits per heavy atom. The summed E-state index contributed by atoms with van der Waals surface area (Å²) in [5.41, 5.74) is 7.44. The van der Waals surface area contributed by atoms with Crippen molar-refractivity contribution in [3.8, 4) is 0 Å². The summed E-state index contributed by atoms with van der Waals surface area (Å²) in [6.45, 7) is 5.38. The predicted octanol–water partition coefficient (Wildman–Crippen LogP) is 2.55. The van der Waals surface area contributed by atoms with Crippen LogP contribution in [0.1, 0.15) is 37.7 Å². The van der Waals surface area contributed by atoms with Crippen molar-refractivity contribution >= 4 is 29.9 Å². The lowest BCUT2D eigenvalue weighted by Crippen LogP contribution is -2.37. The Kier molecular flexibility index (Phi) is 6.50. The number of nitrogens with one attached hydrogen (secondary N) is 1. The number of aliphatic imine (C=N–C) groups is 1. The lowest BCUT2D eigenvalue weighted by atomic mass is 10.1. The molecule has 1 saturated carbocycles. The lowest BCUT2D eigenvalue weighted by molar-refractivity contribution is 0.273. The summed E-state index contributed by atoms with van der Waals surface area (Å²) in [5.74, 6) is 1.21. The summed E-state index contributed by atoms with van der Waals surface area (Å²) in [6, 6.07) is 11.7. The maximum Gasteiger partial charge on any atom is 0.188 e. The Balaban J connectivity index is 0.00000176. The van der Waals surface area contributed by atoms with Crippen LogP contribution in [0.2, 0.25) is 0 Å². The Hall–Kier alpha value is -0.820. The number of rotatable bonds is 5. The fraction of sp³-hybridized carbons (Fsp3) is 0.588. The molecule has 122 valence electrons. The summed E-state index contributed by atoms with van der Waals surface area (Å²) in [4.78, 5) is 7.05. The topological polar surface area (TPSA) is 53.6 Å². The van der Waals surface area contributed by atoms with Gasteiger partial charge in [-0.2, -0.15) is 0 Å². The Bertz CT molecular complexity index is 491. The first-order chi connectivity index (χ1) is 10.3. The standard InChI is InChI=1S/C17H26N4.HI/c1-2-21-10-6-9-14(21)12-19-17(18)20-16-11-15(16)13-7-4-3-5-8-13;/h3-5,7-8,14-16H,2,6,9-12H2,1H3,(H3,18,19,20);1H. The zero-order chi connectivity index (χ0) is 14.7. The van der Waals surface area contributed by atoms with Crippen molar-refractivity contribution in [1.29, 1.82) is 0 Å². The van der Waals surface area contributed by atoms with E-state index >= 15 is 0 Å². The van der Waals surface area contributed by atoms with Gasteiger partial charge in [-0.3, -0.25) is 9.89 Å². The number of benzene rings is 1. The minimum absolute atomic E-state index is 0. The van der Waals surface area contributed by atoms with E-state index < -0.39 is 0 Å². The maximum absolute atomic E-state index is 6.04. The second kappa shape index (κ2) is 8.15. The molecule has 0 spiro atoms. The number of nitrogens with zero attached hydrogens (tertiary/aromatic N) is 2. The number of nitrogens with two attached hydrogens (primary N) is 1. The van der Waals surface area contributed by atoms with E-state index in [1.807, 2.05) is 0 Å². The third-order valence-electron chi connectivity index (χ3n) is 4.73. The number of hydrogen-bond acceptors (Lipinski definition) is 2. The molecule has 2 fully saturated rings. The van der Waals surface area contributed by atoms with Crippen molar-refractivity contribution in [1.82, 2.24) is 10.2 Å². The smallest absolute Gasteiger partial charge is 0.188 e. The second-order valence-electron chi connectivity index (χ2n) is 6.15. The molecule has 3 rings (SSSR count). The van der Waals surface area contributed by atoms with Crippen LogP contribution < -0.4 is 11.1 Å². The SMILES string of the molecule is CCN1CCCC1CN=C(N)NC1CC1c1ccccc1.I. The number of hydrogen-bond donors (Lipinski definition) is 2. The van der Waals surface area contributed by atoms with Crippen LogP contribution in [0.15, 0.2) is 35.3 Å². The number of guanidine groups is 1. The van der Waals surface area contributed by atoms with Gasteiger partial charge in [-0.1, -0.05) is 37.3 Å². The summed E-state index contributed by atoms with van der Waals surface area (Å²) < 4.78 is 0. The van der Waals surface area contributed by atoms with Crippen molar-refractivity contribution < 1.29 is 0 Å². The first kappa shape index (κ1) is 17.5. The minimum atomic E-state index is 0. The van der Waals surface area contributed by atoms with E-state index in [-0.39, 0.29) is 24.0 Å². The van der Waals surface area contributed by atoms with E-state index in [0.717, 1.165) is 19.5 Å². The van der Waals surface area contributed by atoms with Crippen LogP contribution >= 0.6 is 24.0 Å². The van der Waals surface area contributed by atoms with Crippen LogP contribution in [0.4, 0.5) is 0 Å². The minimum Gasteiger partial charge on any atom is -0.370 e. The predicted molar refractivity (Wildman–Crippen MR) is 103 cm³/mol. The van der Waals surface area contributed by atoms with E-state index in [1.54, 1.807) is 0 Å². The highest BCUT2D eigenvalue weighted by Crippen LogP contribution is 2.40. The summed E-state index contributed by atoms with van der Waals surface area (Å²) in [7, 11) is 0. The molecule has 3 atom stereocenters. The fourth-order valence-corrected chi connectivity index (χ4v) is 3.38. The Morgan fingerprint density at radius 3 is 2.86 bits per heavy atom.